The highest BCUT2D eigenvalue weighted by Crippen LogP contribution is 2.34. The average Bonchev–Trinajstić information content (AvgIpc) is 2.82. The Morgan fingerprint density at radius 1 is 1.38 bits per heavy atom. The molecule has 0 bridgehead atoms. The first kappa shape index (κ1) is 9.78. The van der Waals surface area contributed by atoms with Crippen LogP contribution in [0, 0.1) is 5.82 Å². The SMILES string of the molecule is NC1CCCC1c1nc2ccc(F)cc2o1. The number of hydrogen-bond acceptors (Lipinski definition) is 3. The van der Waals surface area contributed by atoms with Crippen molar-refractivity contribution in [3.8, 4) is 0 Å². The van der Waals surface area contributed by atoms with Crippen molar-refractivity contribution in [1.82, 2.24) is 4.98 Å². The van der Waals surface area contributed by atoms with E-state index in [1.54, 1.807) is 6.07 Å². The van der Waals surface area contributed by atoms with Gasteiger partial charge in [0.1, 0.15) is 11.3 Å². The van der Waals surface area contributed by atoms with Gasteiger partial charge in [-0.3, -0.25) is 0 Å². The van der Waals surface area contributed by atoms with Gasteiger partial charge in [-0.2, -0.15) is 0 Å². The topological polar surface area (TPSA) is 52.0 Å². The summed E-state index contributed by atoms with van der Waals surface area (Å²) in [6, 6.07) is 4.52. The summed E-state index contributed by atoms with van der Waals surface area (Å²) in [6.07, 6.45) is 3.13. The van der Waals surface area contributed by atoms with Crippen LogP contribution < -0.4 is 5.73 Å². The van der Waals surface area contributed by atoms with Crippen molar-refractivity contribution >= 4 is 11.1 Å². The van der Waals surface area contributed by atoms with Crippen molar-refractivity contribution < 1.29 is 8.81 Å². The van der Waals surface area contributed by atoms with Crippen LogP contribution in [0.15, 0.2) is 22.6 Å². The fourth-order valence-electron chi connectivity index (χ4n) is 2.37. The second kappa shape index (κ2) is 3.56. The molecule has 0 amide bonds. The number of nitrogens with zero attached hydrogens (tertiary/aromatic N) is 1. The number of benzene rings is 1. The van der Waals surface area contributed by atoms with Gasteiger partial charge in [0.25, 0.3) is 0 Å². The molecule has 3 nitrogen and oxygen atoms in total. The van der Waals surface area contributed by atoms with Gasteiger partial charge >= 0.3 is 0 Å². The molecule has 0 aliphatic heterocycles. The number of hydrogen-bond donors (Lipinski definition) is 1. The van der Waals surface area contributed by atoms with E-state index in [1.807, 2.05) is 0 Å². The number of aromatic nitrogens is 1. The second-order valence-electron chi connectivity index (χ2n) is 4.37. The van der Waals surface area contributed by atoms with E-state index in [0.717, 1.165) is 19.3 Å². The Morgan fingerprint density at radius 2 is 2.25 bits per heavy atom. The minimum absolute atomic E-state index is 0.123. The Balaban J connectivity index is 2.04. The van der Waals surface area contributed by atoms with Crippen LogP contribution in [0.1, 0.15) is 31.1 Å². The zero-order chi connectivity index (χ0) is 11.1. The smallest absolute Gasteiger partial charge is 0.200 e. The van der Waals surface area contributed by atoms with Gasteiger partial charge in [0, 0.05) is 12.1 Å². The van der Waals surface area contributed by atoms with Crippen molar-refractivity contribution in [2.45, 2.75) is 31.2 Å². The number of rotatable bonds is 1. The summed E-state index contributed by atoms with van der Waals surface area (Å²) >= 11 is 0. The quantitative estimate of drug-likeness (QED) is 0.803. The molecule has 0 saturated heterocycles. The molecule has 1 heterocycles. The third-order valence-electron chi connectivity index (χ3n) is 3.25. The van der Waals surface area contributed by atoms with Crippen molar-refractivity contribution in [3.05, 3.63) is 29.9 Å². The van der Waals surface area contributed by atoms with Gasteiger partial charge in [-0.1, -0.05) is 6.42 Å². The van der Waals surface area contributed by atoms with E-state index < -0.39 is 0 Å². The lowest BCUT2D eigenvalue weighted by molar-refractivity contribution is 0.448. The Hall–Kier alpha value is -1.42. The van der Waals surface area contributed by atoms with Crippen LogP contribution in [-0.4, -0.2) is 11.0 Å². The van der Waals surface area contributed by atoms with E-state index in [0.29, 0.717) is 17.0 Å². The summed E-state index contributed by atoms with van der Waals surface area (Å²) in [7, 11) is 0. The van der Waals surface area contributed by atoms with E-state index in [1.165, 1.54) is 12.1 Å². The fourth-order valence-corrected chi connectivity index (χ4v) is 2.37. The standard InChI is InChI=1S/C12H13FN2O/c13-7-4-5-10-11(6-7)16-12(15-10)8-2-1-3-9(8)14/h4-6,8-9H,1-3,14H2. The van der Waals surface area contributed by atoms with Crippen LogP contribution in [0.3, 0.4) is 0 Å². The number of halogens is 1. The van der Waals surface area contributed by atoms with E-state index in [2.05, 4.69) is 4.98 Å². The third kappa shape index (κ3) is 1.50. The van der Waals surface area contributed by atoms with Crippen LogP contribution in [0.4, 0.5) is 4.39 Å². The Morgan fingerprint density at radius 3 is 3.00 bits per heavy atom. The maximum atomic E-state index is 13.0. The molecule has 0 spiro atoms. The van der Waals surface area contributed by atoms with Gasteiger partial charge in [-0.25, -0.2) is 9.37 Å². The summed E-state index contributed by atoms with van der Waals surface area (Å²) in [5, 5.41) is 0. The molecule has 4 heteroatoms. The maximum absolute atomic E-state index is 13.0. The van der Waals surface area contributed by atoms with E-state index in [9.17, 15) is 4.39 Å². The molecule has 2 aromatic rings. The summed E-state index contributed by atoms with van der Waals surface area (Å²) in [6.45, 7) is 0. The zero-order valence-corrected chi connectivity index (χ0v) is 8.82. The first-order valence-corrected chi connectivity index (χ1v) is 5.55. The first-order chi connectivity index (χ1) is 7.74. The third-order valence-corrected chi connectivity index (χ3v) is 3.25. The van der Waals surface area contributed by atoms with E-state index >= 15 is 0 Å². The van der Waals surface area contributed by atoms with Crippen LogP contribution in [0.25, 0.3) is 11.1 Å². The van der Waals surface area contributed by atoms with Gasteiger partial charge in [-0.15, -0.1) is 0 Å². The molecule has 2 atom stereocenters. The number of fused-ring (bicyclic) bond motifs is 1. The highest BCUT2D eigenvalue weighted by molar-refractivity contribution is 5.72. The fraction of sp³-hybridized carbons (Fsp3) is 0.417. The molecule has 2 unspecified atom stereocenters. The van der Waals surface area contributed by atoms with Crippen molar-refractivity contribution in [1.29, 1.82) is 0 Å². The van der Waals surface area contributed by atoms with Crippen molar-refractivity contribution in [2.24, 2.45) is 5.73 Å². The van der Waals surface area contributed by atoms with Gasteiger partial charge in [0.15, 0.2) is 11.5 Å². The normalized spacial score (nSPS) is 25.4. The number of nitrogens with two attached hydrogens (primary N) is 1. The summed E-state index contributed by atoms with van der Waals surface area (Å²) in [5.41, 5.74) is 7.20. The van der Waals surface area contributed by atoms with Crippen molar-refractivity contribution in [3.63, 3.8) is 0 Å². The lowest BCUT2D eigenvalue weighted by Crippen LogP contribution is -2.22. The van der Waals surface area contributed by atoms with Crippen molar-refractivity contribution in [2.75, 3.05) is 0 Å². The lowest BCUT2D eigenvalue weighted by atomic mass is 10.1. The van der Waals surface area contributed by atoms with Crippen LogP contribution in [-0.2, 0) is 0 Å². The largest absolute Gasteiger partial charge is 0.440 e. The number of oxazole rings is 1. The molecule has 84 valence electrons. The van der Waals surface area contributed by atoms with Crippen LogP contribution in [0.5, 0.6) is 0 Å². The maximum Gasteiger partial charge on any atom is 0.200 e. The molecule has 3 rings (SSSR count). The molecule has 1 fully saturated rings. The molecular weight excluding hydrogens is 207 g/mol. The summed E-state index contributed by atoms with van der Waals surface area (Å²) in [5.74, 6) is 0.548. The first-order valence-electron chi connectivity index (χ1n) is 5.55. The predicted molar refractivity (Wildman–Crippen MR) is 58.5 cm³/mol. The lowest BCUT2D eigenvalue weighted by Gasteiger charge is -2.09. The molecule has 0 radical (unpaired) electrons. The van der Waals surface area contributed by atoms with E-state index in [4.69, 9.17) is 10.2 Å². The monoisotopic (exact) mass is 220 g/mol. The minimum Gasteiger partial charge on any atom is -0.440 e. The minimum atomic E-state index is -0.300. The summed E-state index contributed by atoms with van der Waals surface area (Å²) in [4.78, 5) is 4.37. The van der Waals surface area contributed by atoms with Gasteiger partial charge < -0.3 is 10.2 Å². The molecule has 2 N–H and O–H groups in total. The molecule has 1 aliphatic rings. The zero-order valence-electron chi connectivity index (χ0n) is 8.82. The molecule has 1 aromatic carbocycles. The molecule has 1 aliphatic carbocycles. The highest BCUT2D eigenvalue weighted by atomic mass is 19.1. The Bertz CT molecular complexity index is 523. The molecule has 1 aromatic heterocycles. The van der Waals surface area contributed by atoms with Crippen LogP contribution in [0.2, 0.25) is 0 Å². The van der Waals surface area contributed by atoms with E-state index in [-0.39, 0.29) is 17.8 Å². The summed E-state index contributed by atoms with van der Waals surface area (Å²) < 4.78 is 18.6. The molecule has 16 heavy (non-hydrogen) atoms. The average molecular weight is 220 g/mol. The predicted octanol–water partition coefficient (Wildman–Crippen LogP) is 2.56. The second-order valence-corrected chi connectivity index (χ2v) is 4.37. The molecular formula is C12H13FN2O. The van der Waals surface area contributed by atoms with Gasteiger partial charge in [-0.05, 0) is 25.0 Å². The Labute approximate surface area is 92.5 Å². The van der Waals surface area contributed by atoms with Gasteiger partial charge in [0.2, 0.25) is 0 Å². The van der Waals surface area contributed by atoms with Crippen LogP contribution >= 0.6 is 0 Å². The molecule has 1 saturated carbocycles. The highest BCUT2D eigenvalue weighted by Gasteiger charge is 2.29. The van der Waals surface area contributed by atoms with Gasteiger partial charge in [0.05, 0.1) is 5.92 Å². The Kier molecular flexibility index (Phi) is 2.17.